The Morgan fingerprint density at radius 1 is 0.553 bits per heavy atom. The van der Waals surface area contributed by atoms with Crippen LogP contribution >= 0.6 is 11.8 Å². The summed E-state index contributed by atoms with van der Waals surface area (Å²) in [6.45, 7) is -0.524. The molecule has 0 atom stereocenters. The van der Waals surface area contributed by atoms with Crippen molar-refractivity contribution >= 4 is 11.8 Å². The van der Waals surface area contributed by atoms with Crippen LogP contribution in [-0.2, 0) is 11.5 Å². The number of thioether (sulfide) groups is 1. The molecule has 0 saturated heterocycles. The lowest BCUT2D eigenvalue weighted by molar-refractivity contribution is 0.00819. The van der Waals surface area contributed by atoms with Gasteiger partial charge in [0.1, 0.15) is 5.75 Å². The van der Waals surface area contributed by atoms with Crippen LogP contribution < -0.4 is 4.74 Å². The molecule has 38 heavy (non-hydrogen) atoms. The van der Waals surface area contributed by atoms with Gasteiger partial charge < -0.3 is 4.74 Å². The van der Waals surface area contributed by atoms with E-state index in [0.717, 1.165) is 23.9 Å². The van der Waals surface area contributed by atoms with E-state index >= 15 is 0 Å². The van der Waals surface area contributed by atoms with Crippen LogP contribution in [0.4, 0.5) is 13.2 Å². The van der Waals surface area contributed by atoms with Crippen LogP contribution in [0.25, 0.3) is 0 Å². The average Bonchev–Trinajstić information content (AvgIpc) is 2.91. The summed E-state index contributed by atoms with van der Waals surface area (Å²) in [5.41, 5.74) is 2.77. The highest BCUT2D eigenvalue weighted by Crippen LogP contribution is 2.20. The molecule has 5 heteroatoms. The van der Waals surface area contributed by atoms with Gasteiger partial charge in [-0.1, -0.05) is 146 Å². The van der Waals surface area contributed by atoms with E-state index in [1.54, 1.807) is 0 Å². The number of benzene rings is 2. The predicted octanol–water partition coefficient (Wildman–Crippen LogP) is 11.9. The Bertz CT molecular complexity index is 737. The van der Waals surface area contributed by atoms with Gasteiger partial charge >= 0.3 is 6.68 Å². The highest BCUT2D eigenvalue weighted by atomic mass is 32.2. The number of rotatable bonds is 22. The second-order valence-corrected chi connectivity index (χ2v) is 11.0. The highest BCUT2D eigenvalue weighted by Gasteiger charge is 1.99. The standard InChI is InChI=1S/C32H50OS.CHF3/c1-2-3-4-5-6-7-8-9-10-11-12-13-14-15-16-20-27-33-32-25-23-31(24-26-32)29-34-28-30-21-18-17-19-22-30;2-1(3)4/h17-19,21-26H,2-16,20,27-29H2,1H3;1H. The maximum absolute atomic E-state index is 9.67. The summed E-state index contributed by atoms with van der Waals surface area (Å²) in [6.07, 6.45) is 22.5. The lowest BCUT2D eigenvalue weighted by atomic mass is 10.0. The Kier molecular flexibility index (Phi) is 23.2. The molecule has 0 heterocycles. The third kappa shape index (κ3) is 22.4. The van der Waals surface area contributed by atoms with Gasteiger partial charge in [0.05, 0.1) is 6.61 Å². The van der Waals surface area contributed by atoms with Crippen molar-refractivity contribution in [3.8, 4) is 5.75 Å². The first-order chi connectivity index (χ1) is 18.6. The van der Waals surface area contributed by atoms with Crippen LogP contribution in [0.3, 0.4) is 0 Å². The van der Waals surface area contributed by atoms with Gasteiger partial charge in [-0.05, 0) is 29.7 Å². The zero-order chi connectivity index (χ0) is 27.5. The Labute approximate surface area is 235 Å². The number of alkyl halides is 3. The molecule has 2 aromatic carbocycles. The topological polar surface area (TPSA) is 9.23 Å². The Morgan fingerprint density at radius 3 is 1.39 bits per heavy atom. The maximum Gasteiger partial charge on any atom is 0.379 e. The summed E-state index contributed by atoms with van der Waals surface area (Å²) < 4.78 is 34.9. The van der Waals surface area contributed by atoms with E-state index in [1.165, 1.54) is 114 Å². The average molecular weight is 553 g/mol. The van der Waals surface area contributed by atoms with Crippen molar-refractivity contribution in [2.45, 2.75) is 128 Å². The van der Waals surface area contributed by atoms with E-state index in [0.29, 0.717) is 0 Å². The van der Waals surface area contributed by atoms with Crippen molar-refractivity contribution < 1.29 is 17.9 Å². The second kappa shape index (κ2) is 25.6. The molecule has 0 aliphatic carbocycles. The first-order valence-corrected chi connectivity index (χ1v) is 16.0. The Morgan fingerprint density at radius 2 is 0.947 bits per heavy atom. The van der Waals surface area contributed by atoms with Crippen LogP contribution in [-0.4, -0.2) is 13.3 Å². The van der Waals surface area contributed by atoms with Crippen LogP contribution in [0, 0.1) is 0 Å². The molecular weight excluding hydrogens is 501 g/mol. The number of unbranched alkanes of at least 4 members (excludes halogenated alkanes) is 15. The lowest BCUT2D eigenvalue weighted by Gasteiger charge is -2.08. The zero-order valence-corrected chi connectivity index (χ0v) is 24.5. The molecule has 0 spiro atoms. The minimum atomic E-state index is -3.67. The quantitative estimate of drug-likeness (QED) is 0.134. The van der Waals surface area contributed by atoms with E-state index in [9.17, 15) is 13.2 Å². The molecule has 2 rings (SSSR count). The molecule has 0 aromatic heterocycles. The molecular formula is C33H51F3OS. The number of halogens is 3. The van der Waals surface area contributed by atoms with E-state index in [4.69, 9.17) is 4.74 Å². The summed E-state index contributed by atoms with van der Waals surface area (Å²) in [5, 5.41) is 0. The van der Waals surface area contributed by atoms with Gasteiger partial charge in [-0.2, -0.15) is 24.9 Å². The molecule has 0 saturated carbocycles. The Hall–Kier alpha value is -1.62. The molecule has 0 radical (unpaired) electrons. The molecule has 1 nitrogen and oxygen atoms in total. The van der Waals surface area contributed by atoms with Crippen LogP contribution in [0.2, 0.25) is 0 Å². The smallest absolute Gasteiger partial charge is 0.379 e. The zero-order valence-electron chi connectivity index (χ0n) is 23.7. The van der Waals surface area contributed by atoms with Crippen molar-refractivity contribution in [1.82, 2.24) is 0 Å². The van der Waals surface area contributed by atoms with E-state index in [-0.39, 0.29) is 0 Å². The van der Waals surface area contributed by atoms with Gasteiger partial charge in [0.25, 0.3) is 0 Å². The number of ether oxygens (including phenoxy) is 1. The van der Waals surface area contributed by atoms with E-state index < -0.39 is 6.68 Å². The molecule has 0 bridgehead atoms. The lowest BCUT2D eigenvalue weighted by Crippen LogP contribution is -1.97. The minimum Gasteiger partial charge on any atom is -0.494 e. The SMILES string of the molecule is CCCCCCCCCCCCCCCCCCOc1ccc(CSCc2ccccc2)cc1.FC(F)F. The molecule has 216 valence electrons. The first kappa shape index (κ1) is 34.4. The van der Waals surface area contributed by atoms with Gasteiger partial charge in [0.2, 0.25) is 0 Å². The third-order valence-corrected chi connectivity index (χ3v) is 7.65. The fraction of sp³-hybridized carbons (Fsp3) is 0.636. The predicted molar refractivity (Wildman–Crippen MR) is 160 cm³/mol. The maximum atomic E-state index is 9.67. The van der Waals surface area contributed by atoms with Crippen molar-refractivity contribution in [3.05, 3.63) is 65.7 Å². The van der Waals surface area contributed by atoms with Crippen LogP contribution in [0.15, 0.2) is 54.6 Å². The summed E-state index contributed by atoms with van der Waals surface area (Å²) in [6, 6.07) is 19.4. The fourth-order valence-corrected chi connectivity index (χ4v) is 5.34. The van der Waals surface area contributed by atoms with E-state index in [2.05, 4.69) is 61.5 Å². The normalized spacial score (nSPS) is 10.9. The summed E-state index contributed by atoms with van der Waals surface area (Å²) in [5.74, 6) is 3.13. The van der Waals surface area contributed by atoms with Gasteiger partial charge in [-0.3, -0.25) is 0 Å². The molecule has 0 aliphatic heterocycles. The molecule has 0 aliphatic rings. The van der Waals surface area contributed by atoms with Gasteiger partial charge in [0.15, 0.2) is 0 Å². The van der Waals surface area contributed by atoms with Gasteiger partial charge in [0, 0.05) is 11.5 Å². The van der Waals surface area contributed by atoms with Crippen LogP contribution in [0.5, 0.6) is 5.75 Å². The number of hydrogen-bond donors (Lipinski definition) is 0. The molecule has 0 amide bonds. The first-order valence-electron chi connectivity index (χ1n) is 14.9. The second-order valence-electron chi connectivity index (χ2n) is 10.0. The van der Waals surface area contributed by atoms with Gasteiger partial charge in [-0.15, -0.1) is 0 Å². The Balaban J connectivity index is 0.00000168. The fourth-order valence-electron chi connectivity index (χ4n) is 4.38. The summed E-state index contributed by atoms with van der Waals surface area (Å²) in [7, 11) is 0. The monoisotopic (exact) mass is 552 g/mol. The van der Waals surface area contributed by atoms with Crippen LogP contribution in [0.1, 0.15) is 121 Å². The largest absolute Gasteiger partial charge is 0.494 e. The van der Waals surface area contributed by atoms with Gasteiger partial charge in [-0.25, -0.2) is 0 Å². The van der Waals surface area contributed by atoms with Crippen molar-refractivity contribution in [2.24, 2.45) is 0 Å². The summed E-state index contributed by atoms with van der Waals surface area (Å²) >= 11 is 1.97. The molecule has 2 aromatic rings. The number of hydrogen-bond acceptors (Lipinski definition) is 2. The van der Waals surface area contributed by atoms with Crippen molar-refractivity contribution in [3.63, 3.8) is 0 Å². The van der Waals surface area contributed by atoms with Crippen molar-refractivity contribution in [2.75, 3.05) is 6.61 Å². The molecule has 0 unspecified atom stereocenters. The summed E-state index contributed by atoms with van der Waals surface area (Å²) in [4.78, 5) is 0. The van der Waals surface area contributed by atoms with Crippen molar-refractivity contribution in [1.29, 1.82) is 0 Å². The highest BCUT2D eigenvalue weighted by molar-refractivity contribution is 7.97. The third-order valence-electron chi connectivity index (χ3n) is 6.57. The molecule has 0 fully saturated rings. The minimum absolute atomic E-state index is 0.848. The molecule has 0 N–H and O–H groups in total. The van der Waals surface area contributed by atoms with E-state index in [1.807, 2.05) is 11.8 Å².